The van der Waals surface area contributed by atoms with E-state index in [0.29, 0.717) is 25.1 Å². The maximum atomic E-state index is 14.4. The lowest BCUT2D eigenvalue weighted by molar-refractivity contribution is -0.144. The number of halogens is 1. The Hall–Kier alpha value is -1.95. The van der Waals surface area contributed by atoms with Crippen LogP contribution in [-0.2, 0) is 14.3 Å². The van der Waals surface area contributed by atoms with E-state index < -0.39 is 17.8 Å². The summed E-state index contributed by atoms with van der Waals surface area (Å²) in [7, 11) is 1.55. The molecule has 0 unspecified atom stereocenters. The number of carbonyl (C=O) groups is 2. The van der Waals surface area contributed by atoms with Gasteiger partial charge in [0.1, 0.15) is 5.82 Å². The number of nitrogens with zero attached hydrogens (tertiary/aromatic N) is 1. The highest BCUT2D eigenvalue weighted by atomic mass is 19.1. The van der Waals surface area contributed by atoms with Crippen LogP contribution in [0.5, 0.6) is 0 Å². The minimum atomic E-state index is -0.610. The number of rotatable bonds is 6. The highest BCUT2D eigenvalue weighted by Gasteiger charge is 2.41. The Bertz CT molecular complexity index is 591. The number of amides is 2. The predicted octanol–water partition coefficient (Wildman–Crippen LogP) is 2.28. The fraction of sp³-hybridized carbons (Fsp3) is 0.556. The van der Waals surface area contributed by atoms with Crippen molar-refractivity contribution < 1.29 is 18.7 Å². The molecule has 1 heterocycles. The van der Waals surface area contributed by atoms with Crippen LogP contribution >= 0.6 is 0 Å². The summed E-state index contributed by atoms with van der Waals surface area (Å²) in [4.78, 5) is 26.6. The lowest BCUT2D eigenvalue weighted by atomic mass is 9.83. The van der Waals surface area contributed by atoms with Gasteiger partial charge in [-0.15, -0.1) is 0 Å². The molecule has 0 saturated carbocycles. The van der Waals surface area contributed by atoms with Crippen LogP contribution in [0.4, 0.5) is 4.39 Å². The van der Waals surface area contributed by atoms with E-state index in [1.165, 1.54) is 6.07 Å². The zero-order valence-electron chi connectivity index (χ0n) is 14.4. The zero-order valence-corrected chi connectivity index (χ0v) is 14.4. The average molecular weight is 336 g/mol. The van der Waals surface area contributed by atoms with Crippen LogP contribution in [-0.4, -0.2) is 43.0 Å². The molecule has 1 N–H and O–H groups in total. The first kappa shape index (κ1) is 18.4. The van der Waals surface area contributed by atoms with Crippen LogP contribution in [0.1, 0.15) is 38.3 Å². The van der Waals surface area contributed by atoms with Crippen LogP contribution in [0, 0.1) is 11.7 Å². The number of hydrogen-bond acceptors (Lipinski definition) is 3. The summed E-state index contributed by atoms with van der Waals surface area (Å²) in [6.07, 6.45) is 0.699. The lowest BCUT2D eigenvalue weighted by Gasteiger charge is -2.41. The monoisotopic (exact) mass is 336 g/mol. The highest BCUT2D eigenvalue weighted by molar-refractivity contribution is 5.85. The van der Waals surface area contributed by atoms with E-state index in [0.717, 1.165) is 0 Å². The first-order valence-corrected chi connectivity index (χ1v) is 8.29. The number of carbonyl (C=O) groups excluding carboxylic acids is 2. The highest BCUT2D eigenvalue weighted by Crippen LogP contribution is 2.37. The van der Waals surface area contributed by atoms with Crippen molar-refractivity contribution in [1.82, 2.24) is 10.2 Å². The summed E-state index contributed by atoms with van der Waals surface area (Å²) in [6.45, 7) is 4.44. The van der Waals surface area contributed by atoms with Crippen molar-refractivity contribution >= 4 is 11.8 Å². The van der Waals surface area contributed by atoms with E-state index in [1.807, 2.05) is 13.8 Å². The third kappa shape index (κ3) is 4.12. The lowest BCUT2D eigenvalue weighted by Crippen LogP contribution is -2.50. The fourth-order valence-electron chi connectivity index (χ4n) is 3.17. The van der Waals surface area contributed by atoms with Gasteiger partial charge in [-0.2, -0.15) is 0 Å². The molecule has 1 aromatic rings. The number of hydrogen-bond donors (Lipinski definition) is 1. The second kappa shape index (κ2) is 8.24. The minimum Gasteiger partial charge on any atom is -0.383 e. The van der Waals surface area contributed by atoms with Gasteiger partial charge in [-0.1, -0.05) is 18.2 Å². The standard InChI is InChI=1S/C18H25FN2O3/c1-12(2)20-18(23)14-8-9-16(22)21(10-11-24-3)17(14)13-6-4-5-7-15(13)19/h4-7,12,14,17H,8-11H2,1-3H3,(H,20,23)/t14-,17+/m1/s1. The molecule has 1 aliphatic heterocycles. The summed E-state index contributed by atoms with van der Waals surface area (Å²) in [5.74, 6) is -1.09. The second-order valence-corrected chi connectivity index (χ2v) is 6.35. The molecule has 0 aromatic heterocycles. The molecule has 2 amide bonds. The van der Waals surface area contributed by atoms with Gasteiger partial charge in [-0.05, 0) is 26.3 Å². The van der Waals surface area contributed by atoms with E-state index in [4.69, 9.17) is 4.74 Å². The van der Waals surface area contributed by atoms with Gasteiger partial charge in [-0.25, -0.2) is 4.39 Å². The Morgan fingerprint density at radius 2 is 2.12 bits per heavy atom. The molecule has 0 radical (unpaired) electrons. The number of likely N-dealkylation sites (tertiary alicyclic amines) is 1. The Kier molecular flexibility index (Phi) is 6.31. The summed E-state index contributed by atoms with van der Waals surface area (Å²) in [5, 5.41) is 2.89. The molecule has 6 heteroatoms. The zero-order chi connectivity index (χ0) is 17.7. The summed E-state index contributed by atoms with van der Waals surface area (Å²) < 4.78 is 19.5. The van der Waals surface area contributed by atoms with Crippen molar-refractivity contribution in [2.45, 2.75) is 38.8 Å². The third-order valence-corrected chi connectivity index (χ3v) is 4.23. The quantitative estimate of drug-likeness (QED) is 0.867. The first-order valence-electron chi connectivity index (χ1n) is 8.29. The Morgan fingerprint density at radius 1 is 1.42 bits per heavy atom. The Labute approximate surface area is 142 Å². The molecule has 132 valence electrons. The largest absolute Gasteiger partial charge is 0.383 e. The molecule has 0 aliphatic carbocycles. The normalized spacial score (nSPS) is 21.2. The molecule has 24 heavy (non-hydrogen) atoms. The summed E-state index contributed by atoms with van der Waals surface area (Å²) in [5.41, 5.74) is 0.380. The van der Waals surface area contributed by atoms with Gasteiger partial charge < -0.3 is 15.0 Å². The van der Waals surface area contributed by atoms with Crippen molar-refractivity contribution in [3.63, 3.8) is 0 Å². The number of piperidine rings is 1. The maximum Gasteiger partial charge on any atom is 0.225 e. The van der Waals surface area contributed by atoms with E-state index in [9.17, 15) is 14.0 Å². The van der Waals surface area contributed by atoms with Gasteiger partial charge in [0.05, 0.1) is 18.6 Å². The summed E-state index contributed by atoms with van der Waals surface area (Å²) in [6, 6.07) is 5.72. The molecule has 1 aliphatic rings. The number of methoxy groups -OCH3 is 1. The van der Waals surface area contributed by atoms with Crippen LogP contribution in [0.25, 0.3) is 0 Å². The molecule has 0 spiro atoms. The van der Waals surface area contributed by atoms with E-state index >= 15 is 0 Å². The molecule has 1 aromatic carbocycles. The topological polar surface area (TPSA) is 58.6 Å². The van der Waals surface area contributed by atoms with Gasteiger partial charge in [0.15, 0.2) is 0 Å². The number of ether oxygens (including phenoxy) is 1. The van der Waals surface area contributed by atoms with Crippen LogP contribution < -0.4 is 5.32 Å². The minimum absolute atomic E-state index is 0.0103. The molecule has 5 nitrogen and oxygen atoms in total. The molecule has 1 fully saturated rings. The van der Waals surface area contributed by atoms with E-state index in [2.05, 4.69) is 5.32 Å². The van der Waals surface area contributed by atoms with E-state index in [1.54, 1.807) is 30.2 Å². The van der Waals surface area contributed by atoms with Gasteiger partial charge in [0, 0.05) is 31.7 Å². The number of benzene rings is 1. The van der Waals surface area contributed by atoms with Gasteiger partial charge in [0.2, 0.25) is 11.8 Å². The van der Waals surface area contributed by atoms with Crippen molar-refractivity contribution in [2.24, 2.45) is 5.92 Å². The second-order valence-electron chi connectivity index (χ2n) is 6.35. The molecule has 0 bridgehead atoms. The van der Waals surface area contributed by atoms with Gasteiger partial charge in [0.25, 0.3) is 0 Å². The number of nitrogens with one attached hydrogen (secondary N) is 1. The predicted molar refractivity (Wildman–Crippen MR) is 88.7 cm³/mol. The van der Waals surface area contributed by atoms with Crippen LogP contribution in [0.15, 0.2) is 24.3 Å². The van der Waals surface area contributed by atoms with Gasteiger partial charge >= 0.3 is 0 Å². The molecular weight excluding hydrogens is 311 g/mol. The third-order valence-electron chi connectivity index (χ3n) is 4.23. The molecule has 1 saturated heterocycles. The van der Waals surface area contributed by atoms with Crippen molar-refractivity contribution in [3.05, 3.63) is 35.6 Å². The maximum absolute atomic E-state index is 14.4. The van der Waals surface area contributed by atoms with Crippen LogP contribution in [0.3, 0.4) is 0 Å². The molecule has 2 atom stereocenters. The van der Waals surface area contributed by atoms with Crippen molar-refractivity contribution in [2.75, 3.05) is 20.3 Å². The van der Waals surface area contributed by atoms with Crippen LogP contribution in [0.2, 0.25) is 0 Å². The van der Waals surface area contributed by atoms with Crippen molar-refractivity contribution in [3.8, 4) is 0 Å². The Morgan fingerprint density at radius 3 is 2.75 bits per heavy atom. The average Bonchev–Trinajstić information content (AvgIpc) is 2.53. The molecule has 2 rings (SSSR count). The SMILES string of the molecule is COCCN1C(=O)CC[C@@H](C(=O)NC(C)C)[C@@H]1c1ccccc1F. The smallest absolute Gasteiger partial charge is 0.225 e. The van der Waals surface area contributed by atoms with E-state index in [-0.39, 0.29) is 24.3 Å². The first-order chi connectivity index (χ1) is 11.5. The van der Waals surface area contributed by atoms with Crippen molar-refractivity contribution in [1.29, 1.82) is 0 Å². The fourth-order valence-corrected chi connectivity index (χ4v) is 3.17. The van der Waals surface area contributed by atoms with Gasteiger partial charge in [-0.3, -0.25) is 9.59 Å². The molecular formula is C18H25FN2O3. The Balaban J connectivity index is 2.39. The summed E-state index contributed by atoms with van der Waals surface area (Å²) >= 11 is 0.